The van der Waals surface area contributed by atoms with Crippen molar-refractivity contribution >= 4 is 5.91 Å². The molecule has 2 aromatic rings. The monoisotopic (exact) mass is 327 g/mol. The number of aromatic hydroxyl groups is 1. The highest BCUT2D eigenvalue weighted by molar-refractivity contribution is 5.75. The van der Waals surface area contributed by atoms with E-state index in [2.05, 4.69) is 0 Å². The lowest BCUT2D eigenvalue weighted by molar-refractivity contribution is -0.130. The minimum Gasteiger partial charge on any atom is -0.508 e. The van der Waals surface area contributed by atoms with Gasteiger partial charge in [-0.25, -0.2) is 0 Å². The number of phenols is 1. The molecule has 1 unspecified atom stereocenters. The number of benzene rings is 2. The molecule has 0 aromatic heterocycles. The number of hydrogen-bond acceptors (Lipinski definition) is 4. The van der Waals surface area contributed by atoms with Gasteiger partial charge in [0.25, 0.3) is 0 Å². The van der Waals surface area contributed by atoms with Crippen LogP contribution in [0.15, 0.2) is 36.4 Å². The van der Waals surface area contributed by atoms with Gasteiger partial charge >= 0.3 is 0 Å². The largest absolute Gasteiger partial charge is 0.508 e. The predicted octanol–water partition coefficient (Wildman–Crippen LogP) is 2.90. The molecular formula is C19H21NO4. The van der Waals surface area contributed by atoms with E-state index >= 15 is 0 Å². The molecule has 1 aliphatic heterocycles. The molecule has 0 fully saturated rings. The highest BCUT2D eigenvalue weighted by Crippen LogP contribution is 2.41. The zero-order chi connectivity index (χ0) is 17.3. The van der Waals surface area contributed by atoms with Gasteiger partial charge in [0.2, 0.25) is 5.91 Å². The maximum absolute atomic E-state index is 12.2. The molecule has 1 atom stereocenters. The highest BCUT2D eigenvalue weighted by atomic mass is 16.5. The zero-order valence-electron chi connectivity index (χ0n) is 14.1. The van der Waals surface area contributed by atoms with Crippen molar-refractivity contribution in [3.05, 3.63) is 53.1 Å². The SMILES string of the molecule is COc1cc2c(cc1OC)C(c1ccc(O)cc1)N(C(C)=O)CC2. The fourth-order valence-electron chi connectivity index (χ4n) is 3.30. The van der Waals surface area contributed by atoms with Gasteiger partial charge in [0.15, 0.2) is 11.5 Å². The third-order valence-electron chi connectivity index (χ3n) is 4.49. The smallest absolute Gasteiger partial charge is 0.220 e. The van der Waals surface area contributed by atoms with E-state index in [0.717, 1.165) is 23.1 Å². The van der Waals surface area contributed by atoms with E-state index in [0.29, 0.717) is 18.0 Å². The molecule has 5 heteroatoms. The van der Waals surface area contributed by atoms with Crippen LogP contribution in [0.1, 0.15) is 29.7 Å². The number of carbonyl (C=O) groups excluding carboxylic acids is 1. The number of fused-ring (bicyclic) bond motifs is 1. The molecule has 126 valence electrons. The Hall–Kier alpha value is -2.69. The second kappa shape index (κ2) is 6.43. The van der Waals surface area contributed by atoms with Crippen molar-refractivity contribution in [3.63, 3.8) is 0 Å². The predicted molar refractivity (Wildman–Crippen MR) is 90.6 cm³/mol. The average Bonchev–Trinajstić information content (AvgIpc) is 2.60. The van der Waals surface area contributed by atoms with Gasteiger partial charge in [-0.1, -0.05) is 12.1 Å². The maximum Gasteiger partial charge on any atom is 0.220 e. The van der Waals surface area contributed by atoms with Crippen LogP contribution in [-0.4, -0.2) is 36.7 Å². The van der Waals surface area contributed by atoms with Crippen molar-refractivity contribution in [3.8, 4) is 17.2 Å². The molecule has 0 saturated carbocycles. The summed E-state index contributed by atoms with van der Waals surface area (Å²) in [5.41, 5.74) is 3.12. The van der Waals surface area contributed by atoms with Crippen LogP contribution in [0, 0.1) is 0 Å². The zero-order valence-corrected chi connectivity index (χ0v) is 14.1. The van der Waals surface area contributed by atoms with Crippen LogP contribution >= 0.6 is 0 Å². The highest BCUT2D eigenvalue weighted by Gasteiger charge is 2.31. The number of rotatable bonds is 3. The Labute approximate surface area is 141 Å². The molecule has 0 aliphatic carbocycles. The molecule has 1 heterocycles. The van der Waals surface area contributed by atoms with Crippen molar-refractivity contribution < 1.29 is 19.4 Å². The molecule has 5 nitrogen and oxygen atoms in total. The van der Waals surface area contributed by atoms with Crippen LogP contribution in [0.2, 0.25) is 0 Å². The van der Waals surface area contributed by atoms with Crippen LogP contribution in [0.25, 0.3) is 0 Å². The summed E-state index contributed by atoms with van der Waals surface area (Å²) in [5.74, 6) is 1.56. The lowest BCUT2D eigenvalue weighted by Crippen LogP contribution is -2.39. The van der Waals surface area contributed by atoms with Crippen molar-refractivity contribution in [2.75, 3.05) is 20.8 Å². The first-order valence-electron chi connectivity index (χ1n) is 7.86. The normalized spacial score (nSPS) is 16.5. The standard InChI is InChI=1S/C19H21NO4/c1-12(21)20-9-8-14-10-17(23-2)18(24-3)11-16(14)19(20)13-4-6-15(22)7-5-13/h4-7,10-11,19,22H,8-9H2,1-3H3. The number of hydrogen-bond donors (Lipinski definition) is 1. The van der Waals surface area contributed by atoms with E-state index in [9.17, 15) is 9.90 Å². The molecule has 24 heavy (non-hydrogen) atoms. The van der Waals surface area contributed by atoms with Crippen molar-refractivity contribution in [1.29, 1.82) is 0 Å². The Balaban J connectivity index is 2.16. The number of nitrogens with zero attached hydrogens (tertiary/aromatic N) is 1. The average molecular weight is 327 g/mol. The maximum atomic E-state index is 12.2. The number of carbonyl (C=O) groups is 1. The molecule has 0 spiro atoms. The minimum absolute atomic E-state index is 0.0218. The number of phenolic OH excluding ortho intramolecular Hbond substituents is 1. The van der Waals surface area contributed by atoms with Gasteiger partial charge in [-0.05, 0) is 47.4 Å². The van der Waals surface area contributed by atoms with Crippen LogP contribution in [0.3, 0.4) is 0 Å². The Bertz CT molecular complexity index is 755. The van der Waals surface area contributed by atoms with Crippen LogP contribution < -0.4 is 9.47 Å². The molecule has 0 saturated heterocycles. The topological polar surface area (TPSA) is 59.0 Å². The molecule has 1 amide bonds. The lowest BCUT2D eigenvalue weighted by atomic mass is 9.87. The summed E-state index contributed by atoms with van der Waals surface area (Å²) in [7, 11) is 3.22. The van der Waals surface area contributed by atoms with Gasteiger partial charge in [0.05, 0.1) is 20.3 Å². The quantitative estimate of drug-likeness (QED) is 0.942. The van der Waals surface area contributed by atoms with E-state index in [4.69, 9.17) is 9.47 Å². The Kier molecular flexibility index (Phi) is 4.34. The van der Waals surface area contributed by atoms with Crippen molar-refractivity contribution in [2.45, 2.75) is 19.4 Å². The van der Waals surface area contributed by atoms with Gasteiger partial charge in [0.1, 0.15) is 5.75 Å². The number of amides is 1. The van der Waals surface area contributed by atoms with Gasteiger partial charge in [-0.3, -0.25) is 4.79 Å². The third kappa shape index (κ3) is 2.77. The van der Waals surface area contributed by atoms with Gasteiger partial charge in [-0.2, -0.15) is 0 Å². The van der Waals surface area contributed by atoms with Gasteiger partial charge < -0.3 is 19.5 Å². The molecule has 2 aromatic carbocycles. The second-order valence-electron chi connectivity index (χ2n) is 5.86. The Morgan fingerprint density at radius 2 is 1.75 bits per heavy atom. The number of methoxy groups -OCH3 is 2. The molecule has 0 radical (unpaired) electrons. The lowest BCUT2D eigenvalue weighted by Gasteiger charge is -2.37. The van der Waals surface area contributed by atoms with E-state index in [1.54, 1.807) is 33.3 Å². The fourth-order valence-corrected chi connectivity index (χ4v) is 3.30. The molecule has 3 rings (SSSR count). The molecular weight excluding hydrogens is 306 g/mol. The van der Waals surface area contributed by atoms with Gasteiger partial charge in [-0.15, -0.1) is 0 Å². The Morgan fingerprint density at radius 1 is 1.12 bits per heavy atom. The van der Waals surface area contributed by atoms with Crippen LogP contribution in [0.5, 0.6) is 17.2 Å². The summed E-state index contributed by atoms with van der Waals surface area (Å²) < 4.78 is 10.8. The molecule has 1 aliphatic rings. The summed E-state index contributed by atoms with van der Waals surface area (Å²) >= 11 is 0. The second-order valence-corrected chi connectivity index (χ2v) is 5.86. The molecule has 0 bridgehead atoms. The minimum atomic E-state index is -0.202. The first kappa shape index (κ1) is 16.2. The first-order chi connectivity index (χ1) is 11.5. The summed E-state index contributed by atoms with van der Waals surface area (Å²) in [6.07, 6.45) is 0.768. The summed E-state index contributed by atoms with van der Waals surface area (Å²) in [5, 5.41) is 9.56. The number of ether oxygens (including phenoxy) is 2. The van der Waals surface area contributed by atoms with Crippen LogP contribution in [0.4, 0.5) is 0 Å². The van der Waals surface area contributed by atoms with E-state index in [1.165, 1.54) is 0 Å². The fraction of sp³-hybridized carbons (Fsp3) is 0.316. The van der Waals surface area contributed by atoms with Crippen molar-refractivity contribution in [1.82, 2.24) is 4.90 Å². The summed E-state index contributed by atoms with van der Waals surface area (Å²) in [4.78, 5) is 14.0. The summed E-state index contributed by atoms with van der Waals surface area (Å²) in [6, 6.07) is 10.7. The van der Waals surface area contributed by atoms with Crippen LogP contribution in [-0.2, 0) is 11.2 Å². The summed E-state index contributed by atoms with van der Waals surface area (Å²) in [6.45, 7) is 2.22. The van der Waals surface area contributed by atoms with Gasteiger partial charge in [0, 0.05) is 13.5 Å². The van der Waals surface area contributed by atoms with E-state index in [1.807, 2.05) is 29.2 Å². The van der Waals surface area contributed by atoms with E-state index < -0.39 is 0 Å². The Morgan fingerprint density at radius 3 is 2.33 bits per heavy atom. The first-order valence-corrected chi connectivity index (χ1v) is 7.86. The molecule has 1 N–H and O–H groups in total. The van der Waals surface area contributed by atoms with E-state index in [-0.39, 0.29) is 17.7 Å². The third-order valence-corrected chi connectivity index (χ3v) is 4.49. The van der Waals surface area contributed by atoms with Crippen molar-refractivity contribution in [2.24, 2.45) is 0 Å².